The summed E-state index contributed by atoms with van der Waals surface area (Å²) < 4.78 is 35.5. The molecule has 1 aliphatic heterocycles. The van der Waals surface area contributed by atoms with Crippen LogP contribution in [-0.4, -0.2) is 14.4 Å². The maximum absolute atomic E-state index is 13.2. The van der Waals surface area contributed by atoms with Crippen molar-refractivity contribution >= 4 is 13.3 Å². The summed E-state index contributed by atoms with van der Waals surface area (Å²) in [7, 11) is -1.78. The second-order valence-corrected chi connectivity index (χ2v) is 9.79. The van der Waals surface area contributed by atoms with Crippen molar-refractivity contribution in [2.45, 2.75) is 45.2 Å². The number of hydrogen-bond acceptors (Lipinski definition) is 2. The fourth-order valence-electron chi connectivity index (χ4n) is 2.63. The van der Waals surface area contributed by atoms with Gasteiger partial charge in [-0.05, 0) is 0 Å². The molecule has 1 heterocycles. The first-order valence-electron chi connectivity index (χ1n) is 6.28. The van der Waals surface area contributed by atoms with Crippen molar-refractivity contribution in [3.8, 4) is 11.5 Å². The van der Waals surface area contributed by atoms with Crippen molar-refractivity contribution in [1.82, 2.24) is 0 Å². The van der Waals surface area contributed by atoms with Gasteiger partial charge in [0.15, 0.2) is 0 Å². The molecule has 0 saturated carbocycles. The summed E-state index contributed by atoms with van der Waals surface area (Å²) >= 11 is 0. The Morgan fingerprint density at radius 2 is 1.68 bits per heavy atom. The van der Waals surface area contributed by atoms with Crippen molar-refractivity contribution in [1.29, 1.82) is 0 Å². The molecule has 0 aliphatic carbocycles. The number of halogens is 2. The van der Waals surface area contributed by atoms with E-state index in [1.165, 1.54) is 6.07 Å². The van der Waals surface area contributed by atoms with Gasteiger partial charge in [-0.3, -0.25) is 0 Å². The molecule has 1 aromatic carbocycles. The van der Waals surface area contributed by atoms with Gasteiger partial charge < -0.3 is 9.47 Å². The third kappa shape index (κ3) is 2.83. The van der Waals surface area contributed by atoms with E-state index in [0.29, 0.717) is 0 Å². The summed E-state index contributed by atoms with van der Waals surface area (Å²) in [6.07, 6.45) is -3.54. The van der Waals surface area contributed by atoms with Crippen molar-refractivity contribution < 1.29 is 37.1 Å². The Balaban J connectivity index is 0.00000180. The number of ether oxygens (including phenoxy) is 2. The van der Waals surface area contributed by atoms with Crippen LogP contribution in [0.5, 0.6) is 11.5 Å². The Labute approximate surface area is 125 Å². The molecule has 0 saturated heterocycles. The van der Waals surface area contributed by atoms with Crippen molar-refractivity contribution in [3.05, 3.63) is 18.2 Å². The quantitative estimate of drug-likeness (QED) is 0.591. The molecule has 100 valence electrons. The van der Waals surface area contributed by atoms with Crippen LogP contribution < -0.4 is 33.5 Å². The first-order valence-corrected chi connectivity index (χ1v) is 8.90. The Morgan fingerprint density at radius 3 is 2.21 bits per heavy atom. The minimum absolute atomic E-state index is 0. The maximum Gasteiger partial charge on any atom is 1.00 e. The molecule has 0 radical (unpaired) electrons. The molecular weight excluding hydrogens is 261 g/mol. The summed E-state index contributed by atoms with van der Waals surface area (Å²) in [6, 6.07) is 9.12. The number of fused-ring (bicyclic) bond motifs is 1. The molecule has 0 N–H and O–H groups in total. The van der Waals surface area contributed by atoms with Crippen molar-refractivity contribution in [2.24, 2.45) is 0 Å². The van der Waals surface area contributed by atoms with E-state index in [-0.39, 0.29) is 30.4 Å². The SMILES string of the molecule is CC[Si](CC)(CC)c1c[c-]cc2c1OC(F)(F)O2.[Li+]. The van der Waals surface area contributed by atoms with Crippen LogP contribution in [0.3, 0.4) is 0 Å². The molecule has 0 atom stereocenters. The molecule has 1 aliphatic rings. The fourth-order valence-corrected chi connectivity index (χ4v) is 6.32. The second kappa shape index (κ2) is 5.86. The Morgan fingerprint density at radius 1 is 1.11 bits per heavy atom. The molecular formula is C13H17F2LiO2Si. The van der Waals surface area contributed by atoms with E-state index in [0.717, 1.165) is 23.3 Å². The van der Waals surface area contributed by atoms with E-state index in [2.05, 4.69) is 31.6 Å². The van der Waals surface area contributed by atoms with Crippen LogP contribution in [0.4, 0.5) is 8.78 Å². The molecule has 0 unspecified atom stereocenters. The molecule has 6 heteroatoms. The number of benzene rings is 1. The summed E-state index contributed by atoms with van der Waals surface area (Å²) in [4.78, 5) is 0. The van der Waals surface area contributed by atoms with Gasteiger partial charge in [0, 0.05) is 8.07 Å². The van der Waals surface area contributed by atoms with Crippen molar-refractivity contribution in [2.75, 3.05) is 0 Å². The average molecular weight is 278 g/mol. The Bertz CT molecular complexity index is 442. The van der Waals surface area contributed by atoms with Gasteiger partial charge in [0.05, 0.1) is 11.5 Å². The molecule has 1 aromatic rings. The minimum atomic E-state index is -3.54. The van der Waals surface area contributed by atoms with E-state index >= 15 is 0 Å². The standard InChI is InChI=1S/C13H17F2O2Si.Li/c1-4-18(5-2,6-3)11-9-7-8-10-12(11)17-13(14,15)16-10;/h8-9H,4-6H2,1-3H3;/q-1;+1. The maximum atomic E-state index is 13.2. The zero-order valence-electron chi connectivity index (χ0n) is 11.8. The van der Waals surface area contributed by atoms with Crippen LogP contribution >= 0.6 is 0 Å². The van der Waals surface area contributed by atoms with Gasteiger partial charge in [-0.15, -0.1) is 20.0 Å². The molecule has 0 aromatic heterocycles. The first-order chi connectivity index (χ1) is 8.48. The van der Waals surface area contributed by atoms with Gasteiger partial charge in [0.25, 0.3) is 0 Å². The second-order valence-electron chi connectivity index (χ2n) is 4.57. The monoisotopic (exact) mass is 278 g/mol. The number of hydrogen-bond donors (Lipinski definition) is 0. The molecule has 0 spiro atoms. The van der Waals surface area contributed by atoms with Gasteiger partial charge in [-0.2, -0.15) is 12.1 Å². The third-order valence-electron chi connectivity index (χ3n) is 3.96. The van der Waals surface area contributed by atoms with Gasteiger partial charge in [0.1, 0.15) is 0 Å². The predicted octanol–water partition coefficient (Wildman–Crippen LogP) is 0.528. The average Bonchev–Trinajstić information content (AvgIpc) is 2.66. The minimum Gasteiger partial charge on any atom is -0.460 e. The van der Waals surface area contributed by atoms with Gasteiger partial charge in [0.2, 0.25) is 0 Å². The molecule has 0 fully saturated rings. The molecule has 2 nitrogen and oxygen atoms in total. The van der Waals surface area contributed by atoms with Crippen LogP contribution in [-0.2, 0) is 0 Å². The fraction of sp³-hybridized carbons (Fsp3) is 0.538. The summed E-state index contributed by atoms with van der Waals surface area (Å²) in [5.41, 5.74) is 0. The molecule has 0 bridgehead atoms. The van der Waals surface area contributed by atoms with E-state index in [4.69, 9.17) is 4.74 Å². The largest absolute Gasteiger partial charge is 1.00 e. The van der Waals surface area contributed by atoms with E-state index < -0.39 is 14.4 Å². The van der Waals surface area contributed by atoms with Crippen LogP contribution in [0.1, 0.15) is 20.8 Å². The van der Waals surface area contributed by atoms with Gasteiger partial charge in [-0.1, -0.05) is 38.9 Å². The number of alkyl halides is 2. The summed E-state index contributed by atoms with van der Waals surface area (Å²) in [5.74, 6) is 0.348. The zero-order valence-corrected chi connectivity index (χ0v) is 12.8. The smallest absolute Gasteiger partial charge is 0.460 e. The number of rotatable bonds is 4. The molecule has 19 heavy (non-hydrogen) atoms. The van der Waals surface area contributed by atoms with Gasteiger partial charge >= 0.3 is 25.2 Å². The Hall–Kier alpha value is -0.506. The summed E-state index contributed by atoms with van der Waals surface area (Å²) in [6.45, 7) is 6.35. The normalized spacial score (nSPS) is 16.1. The summed E-state index contributed by atoms with van der Waals surface area (Å²) in [5, 5.41) is 0.907. The third-order valence-corrected chi connectivity index (χ3v) is 9.54. The van der Waals surface area contributed by atoms with Crippen LogP contribution in [0.2, 0.25) is 18.1 Å². The first kappa shape index (κ1) is 16.5. The van der Waals surface area contributed by atoms with Gasteiger partial charge in [-0.25, -0.2) is 0 Å². The van der Waals surface area contributed by atoms with E-state index in [9.17, 15) is 8.78 Å². The van der Waals surface area contributed by atoms with E-state index in [1.807, 2.05) is 0 Å². The van der Waals surface area contributed by atoms with E-state index in [1.54, 1.807) is 6.07 Å². The molecule has 2 rings (SSSR count). The van der Waals surface area contributed by atoms with Crippen LogP contribution in [0, 0.1) is 6.07 Å². The topological polar surface area (TPSA) is 18.5 Å². The zero-order chi connectivity index (χ0) is 13.4. The van der Waals surface area contributed by atoms with Crippen molar-refractivity contribution in [3.63, 3.8) is 0 Å². The predicted molar refractivity (Wildman–Crippen MR) is 68.3 cm³/mol. The Kier molecular flexibility index (Phi) is 5.11. The van der Waals surface area contributed by atoms with Crippen LogP contribution in [0.15, 0.2) is 12.1 Å². The molecule has 0 amide bonds. The van der Waals surface area contributed by atoms with Crippen LogP contribution in [0.25, 0.3) is 0 Å².